The number of nitriles is 1. The first-order valence-corrected chi connectivity index (χ1v) is 6.61. The first-order valence-electron chi connectivity index (χ1n) is 6.61. The third-order valence-electron chi connectivity index (χ3n) is 2.89. The molecule has 1 rings (SSSR count). The van der Waals surface area contributed by atoms with Crippen LogP contribution in [0.4, 0.5) is 5.82 Å². The van der Waals surface area contributed by atoms with Gasteiger partial charge in [-0.1, -0.05) is 13.8 Å². The Morgan fingerprint density at radius 3 is 2.63 bits per heavy atom. The molecule has 0 aliphatic heterocycles. The van der Waals surface area contributed by atoms with Crippen LogP contribution in [0, 0.1) is 31.1 Å². The van der Waals surface area contributed by atoms with E-state index in [0.717, 1.165) is 30.2 Å². The van der Waals surface area contributed by atoms with Gasteiger partial charge in [0.25, 0.3) is 0 Å². The minimum atomic E-state index is 0.506. The Morgan fingerprint density at radius 2 is 2.11 bits per heavy atom. The Hall–Kier alpha value is -1.60. The predicted octanol–water partition coefficient (Wildman–Crippen LogP) is 2.68. The Balaban J connectivity index is 3.16. The zero-order valence-corrected chi connectivity index (χ0v) is 12.5. The summed E-state index contributed by atoms with van der Waals surface area (Å²) in [5.74, 6) is 1.29. The topological polar surface area (TPSA) is 49.1 Å². The van der Waals surface area contributed by atoms with Crippen molar-refractivity contribution in [2.75, 3.05) is 31.7 Å². The number of rotatable bonds is 6. The van der Waals surface area contributed by atoms with E-state index in [-0.39, 0.29) is 0 Å². The van der Waals surface area contributed by atoms with Crippen molar-refractivity contribution in [2.24, 2.45) is 5.92 Å². The molecule has 0 aliphatic rings. The number of nitrogens with zero attached hydrogens (tertiary/aromatic N) is 3. The number of methoxy groups -OCH3 is 1. The summed E-state index contributed by atoms with van der Waals surface area (Å²) in [7, 11) is 1.69. The lowest BCUT2D eigenvalue weighted by molar-refractivity contribution is 0.204. The average molecular weight is 261 g/mol. The highest BCUT2D eigenvalue weighted by Gasteiger charge is 2.16. The predicted molar refractivity (Wildman–Crippen MR) is 77.4 cm³/mol. The fourth-order valence-electron chi connectivity index (χ4n) is 2.11. The van der Waals surface area contributed by atoms with Crippen molar-refractivity contribution in [3.05, 3.63) is 22.9 Å². The number of aromatic nitrogens is 1. The quantitative estimate of drug-likeness (QED) is 0.790. The van der Waals surface area contributed by atoms with E-state index >= 15 is 0 Å². The Kier molecular flexibility index (Phi) is 5.78. The van der Waals surface area contributed by atoms with Crippen LogP contribution >= 0.6 is 0 Å². The zero-order chi connectivity index (χ0) is 14.4. The maximum Gasteiger partial charge on any atom is 0.147 e. The molecule has 19 heavy (non-hydrogen) atoms. The molecule has 104 valence electrons. The first-order chi connectivity index (χ1) is 8.99. The fourth-order valence-corrected chi connectivity index (χ4v) is 2.11. The Bertz CT molecular complexity index is 463. The van der Waals surface area contributed by atoms with Gasteiger partial charge in [0.05, 0.1) is 12.2 Å². The van der Waals surface area contributed by atoms with Gasteiger partial charge < -0.3 is 9.64 Å². The molecule has 0 spiro atoms. The van der Waals surface area contributed by atoms with Crippen molar-refractivity contribution in [3.63, 3.8) is 0 Å². The molecule has 0 N–H and O–H groups in total. The van der Waals surface area contributed by atoms with Gasteiger partial charge in [-0.3, -0.25) is 0 Å². The van der Waals surface area contributed by atoms with Crippen molar-refractivity contribution in [1.82, 2.24) is 4.98 Å². The third kappa shape index (κ3) is 4.22. The van der Waals surface area contributed by atoms with Gasteiger partial charge in [-0.25, -0.2) is 4.98 Å². The van der Waals surface area contributed by atoms with E-state index < -0.39 is 0 Å². The summed E-state index contributed by atoms with van der Waals surface area (Å²) in [6.45, 7) is 10.5. The van der Waals surface area contributed by atoms with Crippen molar-refractivity contribution >= 4 is 5.82 Å². The number of hydrogen-bond donors (Lipinski definition) is 0. The van der Waals surface area contributed by atoms with E-state index in [1.807, 2.05) is 19.9 Å². The third-order valence-corrected chi connectivity index (χ3v) is 2.89. The maximum absolute atomic E-state index is 9.35. The molecular weight excluding hydrogens is 238 g/mol. The molecule has 0 radical (unpaired) electrons. The first kappa shape index (κ1) is 15.5. The van der Waals surface area contributed by atoms with Gasteiger partial charge in [0, 0.05) is 25.9 Å². The van der Waals surface area contributed by atoms with Crippen molar-refractivity contribution < 1.29 is 4.74 Å². The summed E-state index contributed by atoms with van der Waals surface area (Å²) in [5.41, 5.74) is 2.59. The highest BCUT2D eigenvalue weighted by atomic mass is 16.5. The summed E-state index contributed by atoms with van der Waals surface area (Å²) >= 11 is 0. The van der Waals surface area contributed by atoms with Gasteiger partial charge in [-0.05, 0) is 31.4 Å². The Labute approximate surface area is 116 Å². The van der Waals surface area contributed by atoms with E-state index in [1.165, 1.54) is 0 Å². The highest BCUT2D eigenvalue weighted by molar-refractivity contribution is 5.58. The van der Waals surface area contributed by atoms with Crippen LogP contribution in [0.1, 0.15) is 30.7 Å². The number of aryl methyl sites for hydroxylation is 2. The van der Waals surface area contributed by atoms with Crippen LogP contribution < -0.4 is 4.90 Å². The molecular formula is C15H23N3O. The molecule has 0 amide bonds. The summed E-state index contributed by atoms with van der Waals surface area (Å²) < 4.78 is 5.16. The van der Waals surface area contributed by atoms with Crippen molar-refractivity contribution in [3.8, 4) is 6.07 Å². The lowest BCUT2D eigenvalue weighted by Gasteiger charge is -2.27. The van der Waals surface area contributed by atoms with Crippen LogP contribution in [-0.4, -0.2) is 31.8 Å². The average Bonchev–Trinajstić information content (AvgIpc) is 2.33. The molecule has 0 bridgehead atoms. The van der Waals surface area contributed by atoms with Gasteiger partial charge in [0.2, 0.25) is 0 Å². The number of ether oxygens (including phenoxy) is 1. The smallest absolute Gasteiger partial charge is 0.147 e. The second-order valence-electron chi connectivity index (χ2n) is 5.22. The summed E-state index contributed by atoms with van der Waals surface area (Å²) in [5, 5.41) is 9.35. The minimum Gasteiger partial charge on any atom is -0.383 e. The molecule has 4 nitrogen and oxygen atoms in total. The molecule has 0 unspecified atom stereocenters. The fraction of sp³-hybridized carbons (Fsp3) is 0.600. The van der Waals surface area contributed by atoms with Crippen LogP contribution in [0.15, 0.2) is 6.07 Å². The van der Waals surface area contributed by atoms with Crippen LogP contribution in [0.2, 0.25) is 0 Å². The van der Waals surface area contributed by atoms with Gasteiger partial charge in [-0.15, -0.1) is 0 Å². The normalized spacial score (nSPS) is 10.6. The van der Waals surface area contributed by atoms with Crippen LogP contribution in [-0.2, 0) is 4.74 Å². The lowest BCUT2D eigenvalue weighted by atomic mass is 10.1. The standard InChI is InChI=1S/C15H23N3O/c1-11(2)10-18(6-7-19-5)15-14(9-16)12(3)8-13(4)17-15/h8,11H,6-7,10H2,1-5H3. The molecule has 4 heteroatoms. The number of anilines is 1. The van der Waals surface area contributed by atoms with E-state index in [0.29, 0.717) is 18.1 Å². The molecule has 0 fully saturated rings. The van der Waals surface area contributed by atoms with Gasteiger partial charge >= 0.3 is 0 Å². The monoisotopic (exact) mass is 261 g/mol. The van der Waals surface area contributed by atoms with E-state index in [1.54, 1.807) is 7.11 Å². The summed E-state index contributed by atoms with van der Waals surface area (Å²) in [6.07, 6.45) is 0. The van der Waals surface area contributed by atoms with Gasteiger partial charge in [-0.2, -0.15) is 5.26 Å². The molecule has 0 aromatic carbocycles. The second kappa shape index (κ2) is 7.10. The number of hydrogen-bond acceptors (Lipinski definition) is 4. The van der Waals surface area contributed by atoms with Gasteiger partial charge in [0.1, 0.15) is 11.9 Å². The second-order valence-corrected chi connectivity index (χ2v) is 5.22. The molecule has 1 aromatic rings. The molecule has 1 heterocycles. The van der Waals surface area contributed by atoms with Crippen molar-refractivity contribution in [2.45, 2.75) is 27.7 Å². The summed E-state index contributed by atoms with van der Waals surface area (Å²) in [4.78, 5) is 6.70. The molecule has 0 saturated heterocycles. The number of pyridine rings is 1. The van der Waals surface area contributed by atoms with Crippen LogP contribution in [0.25, 0.3) is 0 Å². The summed E-state index contributed by atoms with van der Waals surface area (Å²) in [6, 6.07) is 4.23. The zero-order valence-electron chi connectivity index (χ0n) is 12.5. The van der Waals surface area contributed by atoms with Crippen LogP contribution in [0.3, 0.4) is 0 Å². The molecule has 0 saturated carbocycles. The highest BCUT2D eigenvalue weighted by Crippen LogP contribution is 2.22. The van der Waals surface area contributed by atoms with E-state index in [9.17, 15) is 5.26 Å². The van der Waals surface area contributed by atoms with E-state index in [2.05, 4.69) is 29.8 Å². The molecule has 0 aliphatic carbocycles. The van der Waals surface area contributed by atoms with Crippen molar-refractivity contribution in [1.29, 1.82) is 5.26 Å². The Morgan fingerprint density at radius 1 is 1.42 bits per heavy atom. The van der Waals surface area contributed by atoms with Gasteiger partial charge in [0.15, 0.2) is 0 Å². The molecule has 1 aromatic heterocycles. The molecule has 0 atom stereocenters. The lowest BCUT2D eigenvalue weighted by Crippen LogP contribution is -2.32. The van der Waals surface area contributed by atoms with Crippen LogP contribution in [0.5, 0.6) is 0 Å². The van der Waals surface area contributed by atoms with E-state index in [4.69, 9.17) is 4.74 Å². The maximum atomic E-state index is 9.35. The minimum absolute atomic E-state index is 0.506. The largest absolute Gasteiger partial charge is 0.383 e. The SMILES string of the molecule is COCCN(CC(C)C)c1nc(C)cc(C)c1C#N.